The van der Waals surface area contributed by atoms with Gasteiger partial charge in [-0.2, -0.15) is 0 Å². The summed E-state index contributed by atoms with van der Waals surface area (Å²) in [5, 5.41) is 5.80. The van der Waals surface area contributed by atoms with Crippen LogP contribution in [0.5, 0.6) is 5.75 Å². The largest absolute Gasteiger partial charge is 0.494 e. The highest BCUT2D eigenvalue weighted by atomic mass is 35.5. The number of nitrogens with zero attached hydrogens (tertiary/aromatic N) is 1. The van der Waals surface area contributed by atoms with Gasteiger partial charge in [0.2, 0.25) is 5.91 Å². The molecule has 2 aromatic rings. The molecule has 0 radical (unpaired) electrons. The number of nitrogens with one attached hydrogen (secondary N) is 2. The number of amides is 4. The highest BCUT2D eigenvalue weighted by Crippen LogP contribution is 2.27. The van der Waals surface area contributed by atoms with Gasteiger partial charge in [-0.3, -0.25) is 14.9 Å². The van der Waals surface area contributed by atoms with Gasteiger partial charge in [0.05, 0.1) is 12.3 Å². The molecule has 8 heteroatoms. The molecule has 1 aliphatic heterocycles. The summed E-state index contributed by atoms with van der Waals surface area (Å²) in [6, 6.07) is 12.6. The van der Waals surface area contributed by atoms with Crippen molar-refractivity contribution < 1.29 is 19.1 Å². The molecule has 2 N–H and O–H groups in total. The number of imide groups is 2. The van der Waals surface area contributed by atoms with E-state index in [-0.39, 0.29) is 0 Å². The molecule has 1 aliphatic rings. The Morgan fingerprint density at radius 1 is 1.14 bits per heavy atom. The first-order chi connectivity index (χ1) is 13.9. The molecular weight excluding hydrogens is 394 g/mol. The molecule has 1 fully saturated rings. The Kier molecular flexibility index (Phi) is 6.19. The van der Waals surface area contributed by atoms with Gasteiger partial charge in [-0.15, -0.1) is 0 Å². The molecule has 0 aliphatic carbocycles. The van der Waals surface area contributed by atoms with Gasteiger partial charge in [-0.25, -0.2) is 9.69 Å². The number of carbonyl (C=O) groups excluding carboxylic acids is 3. The van der Waals surface area contributed by atoms with Gasteiger partial charge in [0.15, 0.2) is 5.92 Å². The lowest BCUT2D eigenvalue weighted by molar-refractivity contribution is -0.132. The Labute approximate surface area is 173 Å². The van der Waals surface area contributed by atoms with Gasteiger partial charge >= 0.3 is 6.03 Å². The summed E-state index contributed by atoms with van der Waals surface area (Å²) in [6.07, 6.45) is 1.63. The first-order valence-corrected chi connectivity index (χ1v) is 9.42. The van der Waals surface area contributed by atoms with Crippen LogP contribution < -0.4 is 20.3 Å². The quantitative estimate of drug-likeness (QED) is 0.700. The third-order valence-corrected chi connectivity index (χ3v) is 4.58. The number of barbiturate groups is 1. The monoisotopic (exact) mass is 413 g/mol. The summed E-state index contributed by atoms with van der Waals surface area (Å²) >= 11 is 5.88. The maximum absolute atomic E-state index is 13.1. The van der Waals surface area contributed by atoms with Gasteiger partial charge < -0.3 is 10.1 Å². The number of urea groups is 1. The van der Waals surface area contributed by atoms with E-state index in [0.717, 1.165) is 4.90 Å². The molecule has 3 rings (SSSR count). The van der Waals surface area contributed by atoms with Crippen molar-refractivity contribution in [3.63, 3.8) is 0 Å². The lowest BCUT2D eigenvalue weighted by Gasteiger charge is -2.31. The van der Waals surface area contributed by atoms with Crippen molar-refractivity contribution in [2.24, 2.45) is 5.92 Å². The van der Waals surface area contributed by atoms with Crippen LogP contribution in [0, 0.1) is 5.92 Å². The summed E-state index contributed by atoms with van der Waals surface area (Å²) in [4.78, 5) is 38.8. The van der Waals surface area contributed by atoms with Gasteiger partial charge in [-0.05, 0) is 62.4 Å². The van der Waals surface area contributed by atoms with Crippen molar-refractivity contribution in [2.45, 2.75) is 13.8 Å². The number of benzene rings is 2. The maximum Gasteiger partial charge on any atom is 0.335 e. The van der Waals surface area contributed by atoms with E-state index >= 15 is 0 Å². The van der Waals surface area contributed by atoms with Crippen LogP contribution in [-0.2, 0) is 9.59 Å². The zero-order valence-corrected chi connectivity index (χ0v) is 16.7. The fraction of sp³-hybridized carbons (Fsp3) is 0.190. The number of carbonyl (C=O) groups is 3. The average Bonchev–Trinajstić information content (AvgIpc) is 2.70. The van der Waals surface area contributed by atoms with Crippen LogP contribution in [0.3, 0.4) is 0 Å². The zero-order valence-electron chi connectivity index (χ0n) is 15.9. The average molecular weight is 414 g/mol. The second-order valence-corrected chi connectivity index (χ2v) is 6.64. The lowest BCUT2D eigenvalue weighted by atomic mass is 9.99. The highest BCUT2D eigenvalue weighted by Gasteiger charge is 2.43. The highest BCUT2D eigenvalue weighted by molar-refractivity contribution is 6.31. The molecule has 1 saturated heterocycles. The van der Waals surface area contributed by atoms with E-state index in [1.807, 2.05) is 6.92 Å². The minimum absolute atomic E-state index is 0.325. The molecule has 7 nitrogen and oxygen atoms in total. The second kappa shape index (κ2) is 8.79. The normalized spacial score (nSPS) is 17.2. The Balaban J connectivity index is 1.86. The minimum atomic E-state index is -1.19. The van der Waals surface area contributed by atoms with Gasteiger partial charge in [-0.1, -0.05) is 17.7 Å². The third-order valence-electron chi connectivity index (χ3n) is 4.32. The van der Waals surface area contributed by atoms with Crippen molar-refractivity contribution in [2.75, 3.05) is 16.8 Å². The minimum Gasteiger partial charge on any atom is -0.494 e. The van der Waals surface area contributed by atoms with Crippen LogP contribution >= 0.6 is 11.6 Å². The van der Waals surface area contributed by atoms with Crippen molar-refractivity contribution in [1.29, 1.82) is 0 Å². The van der Waals surface area contributed by atoms with Crippen LogP contribution in [0.4, 0.5) is 16.2 Å². The second-order valence-electron chi connectivity index (χ2n) is 6.20. The van der Waals surface area contributed by atoms with Gasteiger partial charge in [0, 0.05) is 16.4 Å². The van der Waals surface area contributed by atoms with Crippen LogP contribution in [0.15, 0.2) is 60.3 Å². The van der Waals surface area contributed by atoms with E-state index in [4.69, 9.17) is 16.3 Å². The molecule has 150 valence electrons. The van der Waals surface area contributed by atoms with Gasteiger partial charge in [0.1, 0.15) is 5.75 Å². The first kappa shape index (κ1) is 20.4. The predicted molar refractivity (Wildman–Crippen MR) is 111 cm³/mol. The molecule has 0 spiro atoms. The molecule has 0 aromatic heterocycles. The summed E-state index contributed by atoms with van der Waals surface area (Å²) in [5.41, 5.74) is 1.37. The first-order valence-electron chi connectivity index (χ1n) is 9.05. The van der Waals surface area contributed by atoms with E-state index < -0.39 is 23.8 Å². The molecule has 1 atom stereocenters. The van der Waals surface area contributed by atoms with Crippen molar-refractivity contribution in [1.82, 2.24) is 5.32 Å². The smallest absolute Gasteiger partial charge is 0.335 e. The molecule has 4 amide bonds. The number of anilines is 2. The SMILES string of the molecule is C/C=C(/Nc1ccc(OCC)cc1)[C@@H]1C(=O)NC(=O)N(c2ccc(Cl)cc2)C1=O. The molecule has 1 heterocycles. The summed E-state index contributed by atoms with van der Waals surface area (Å²) < 4.78 is 5.41. The fourth-order valence-electron chi connectivity index (χ4n) is 2.96. The predicted octanol–water partition coefficient (Wildman–Crippen LogP) is 3.95. The number of hydrogen-bond donors (Lipinski definition) is 2. The molecule has 0 saturated carbocycles. The Hall–Kier alpha value is -3.32. The van der Waals surface area contributed by atoms with Crippen molar-refractivity contribution in [3.05, 3.63) is 65.3 Å². The number of halogens is 1. The van der Waals surface area contributed by atoms with E-state index in [1.54, 1.807) is 61.5 Å². The lowest BCUT2D eigenvalue weighted by Crippen LogP contribution is -2.59. The molecule has 29 heavy (non-hydrogen) atoms. The number of allylic oxidation sites excluding steroid dienone is 1. The number of hydrogen-bond acceptors (Lipinski definition) is 5. The Morgan fingerprint density at radius 2 is 1.79 bits per heavy atom. The summed E-state index contributed by atoms with van der Waals surface area (Å²) in [7, 11) is 0. The Morgan fingerprint density at radius 3 is 2.38 bits per heavy atom. The third kappa shape index (κ3) is 4.41. The van der Waals surface area contributed by atoms with Crippen LogP contribution in [0.1, 0.15) is 13.8 Å². The van der Waals surface area contributed by atoms with Crippen molar-refractivity contribution >= 4 is 40.8 Å². The maximum atomic E-state index is 13.1. The topological polar surface area (TPSA) is 87.7 Å². The van der Waals surface area contributed by atoms with E-state index in [2.05, 4.69) is 10.6 Å². The Bertz CT molecular complexity index is 955. The fourth-order valence-corrected chi connectivity index (χ4v) is 3.09. The van der Waals surface area contributed by atoms with Crippen LogP contribution in [0.25, 0.3) is 0 Å². The van der Waals surface area contributed by atoms with Crippen LogP contribution in [0.2, 0.25) is 5.02 Å². The van der Waals surface area contributed by atoms with E-state index in [0.29, 0.717) is 34.5 Å². The van der Waals surface area contributed by atoms with Crippen molar-refractivity contribution in [3.8, 4) is 5.75 Å². The zero-order chi connectivity index (χ0) is 21.0. The standard InChI is InChI=1S/C21H20ClN3O4/c1-3-17(23-14-7-11-16(12-8-14)29-4-2)18-19(26)24-21(28)25(20(18)27)15-9-5-13(22)6-10-15/h3,5-12,18,23H,4H2,1-2H3,(H,24,26,28)/b17-3+/t18-/m1/s1. The van der Waals surface area contributed by atoms with E-state index in [1.165, 1.54) is 0 Å². The summed E-state index contributed by atoms with van der Waals surface area (Å²) in [6.45, 7) is 4.16. The molecule has 0 bridgehead atoms. The molecular formula is C21H20ClN3O4. The number of rotatable bonds is 6. The van der Waals surface area contributed by atoms with Gasteiger partial charge in [0.25, 0.3) is 5.91 Å². The van der Waals surface area contributed by atoms with E-state index in [9.17, 15) is 14.4 Å². The molecule has 0 unspecified atom stereocenters. The number of ether oxygens (including phenoxy) is 1. The summed E-state index contributed by atoms with van der Waals surface area (Å²) in [5.74, 6) is -1.81. The molecule has 2 aromatic carbocycles. The van der Waals surface area contributed by atoms with Crippen LogP contribution in [-0.4, -0.2) is 24.5 Å².